The number of carbonyl (C=O) groups excluding carboxylic acids is 1. The van der Waals surface area contributed by atoms with Crippen LogP contribution >= 0.6 is 15.9 Å². The summed E-state index contributed by atoms with van der Waals surface area (Å²) in [7, 11) is 4.93. The Morgan fingerprint density at radius 1 is 0.974 bits per heavy atom. The van der Waals surface area contributed by atoms with Gasteiger partial charge >= 0.3 is 0 Å². The Bertz CT molecular complexity index is 1330. The number of methoxy groups -OCH3 is 3. The molecule has 200 valence electrons. The van der Waals surface area contributed by atoms with E-state index in [2.05, 4.69) is 38.3 Å². The highest BCUT2D eigenvalue weighted by molar-refractivity contribution is 9.10. The molecule has 1 heterocycles. The van der Waals surface area contributed by atoms with Crippen LogP contribution in [0.5, 0.6) is 17.2 Å². The van der Waals surface area contributed by atoms with E-state index in [1.54, 1.807) is 21.3 Å². The number of nitrogens with one attached hydrogen (secondary N) is 1. The summed E-state index contributed by atoms with van der Waals surface area (Å²) in [6.07, 6.45) is 1.42. The van der Waals surface area contributed by atoms with Crippen LogP contribution in [0.15, 0.2) is 59.1 Å². The van der Waals surface area contributed by atoms with Gasteiger partial charge in [-0.1, -0.05) is 30.3 Å². The number of carbonyl (C=O) groups is 1. The smallest absolute Gasteiger partial charge is 0.234 e. The number of ether oxygens (including phenoxy) is 3. The van der Waals surface area contributed by atoms with Gasteiger partial charge < -0.3 is 24.6 Å². The molecule has 0 aromatic heterocycles. The van der Waals surface area contributed by atoms with Crippen LogP contribution in [0, 0.1) is 0 Å². The predicted octanol–water partition coefficient (Wildman–Crippen LogP) is 4.39. The Morgan fingerprint density at radius 3 is 2.45 bits per heavy atom. The molecule has 3 aromatic rings. The molecule has 0 spiro atoms. The first-order valence-corrected chi connectivity index (χ1v) is 13.6. The topological polar surface area (TPSA) is 80.3 Å². The van der Waals surface area contributed by atoms with Crippen molar-refractivity contribution in [2.24, 2.45) is 0 Å². The van der Waals surface area contributed by atoms with E-state index in [9.17, 15) is 9.90 Å². The molecule has 38 heavy (non-hydrogen) atoms. The van der Waals surface area contributed by atoms with Gasteiger partial charge in [-0.25, -0.2) is 0 Å². The molecule has 2 N–H and O–H groups in total. The number of nitrogens with zero attached hydrogens (tertiary/aromatic N) is 1. The van der Waals surface area contributed by atoms with Crippen LogP contribution in [-0.2, 0) is 24.1 Å². The second kappa shape index (κ2) is 11.4. The number of hydrogen-bond acceptors (Lipinski definition) is 6. The van der Waals surface area contributed by atoms with Gasteiger partial charge in [-0.05, 0) is 80.9 Å². The van der Waals surface area contributed by atoms with Crippen molar-refractivity contribution in [1.82, 2.24) is 10.2 Å². The van der Waals surface area contributed by atoms with Gasteiger partial charge in [0.25, 0.3) is 0 Å². The van der Waals surface area contributed by atoms with E-state index in [4.69, 9.17) is 14.2 Å². The van der Waals surface area contributed by atoms with E-state index in [0.717, 1.165) is 45.4 Å². The standard InChI is InChI=1S/C30H33BrN2O5/c1-36-26-9-8-18(12-23(26)31)13-24-22-16-28(38-3)27(37-2)15-20(22)10-11-33(24)17-29(35)32-30-21-7-5-4-6-19(21)14-25(30)34/h4-9,12,15-16,24-25,30,34H,10-11,13-14,17H2,1-3H3,(H,32,35). The lowest BCUT2D eigenvalue weighted by molar-refractivity contribution is -0.124. The summed E-state index contributed by atoms with van der Waals surface area (Å²) < 4.78 is 17.5. The first-order chi connectivity index (χ1) is 18.4. The molecule has 7 nitrogen and oxygen atoms in total. The number of benzene rings is 3. The maximum Gasteiger partial charge on any atom is 0.234 e. The first kappa shape index (κ1) is 26.5. The van der Waals surface area contributed by atoms with Crippen molar-refractivity contribution in [3.63, 3.8) is 0 Å². The molecule has 3 aromatic carbocycles. The number of aliphatic hydroxyl groups is 1. The van der Waals surface area contributed by atoms with Crippen molar-refractivity contribution in [2.75, 3.05) is 34.4 Å². The molecule has 2 aliphatic rings. The zero-order valence-corrected chi connectivity index (χ0v) is 23.5. The van der Waals surface area contributed by atoms with Crippen LogP contribution in [-0.4, -0.2) is 56.4 Å². The van der Waals surface area contributed by atoms with Crippen LogP contribution in [0.3, 0.4) is 0 Å². The average Bonchev–Trinajstić information content (AvgIpc) is 3.23. The third-order valence-electron chi connectivity index (χ3n) is 7.63. The number of rotatable bonds is 8. The van der Waals surface area contributed by atoms with Crippen LogP contribution in [0.4, 0.5) is 0 Å². The number of amides is 1. The minimum absolute atomic E-state index is 0.0506. The van der Waals surface area contributed by atoms with Crippen molar-refractivity contribution in [1.29, 1.82) is 0 Å². The fraction of sp³-hybridized carbons (Fsp3) is 0.367. The lowest BCUT2D eigenvalue weighted by Crippen LogP contribution is -2.45. The molecule has 1 aliphatic carbocycles. The molecule has 1 amide bonds. The lowest BCUT2D eigenvalue weighted by Gasteiger charge is -2.38. The highest BCUT2D eigenvalue weighted by Gasteiger charge is 2.34. The van der Waals surface area contributed by atoms with Crippen molar-refractivity contribution >= 4 is 21.8 Å². The molecule has 1 aliphatic heterocycles. The summed E-state index contributed by atoms with van der Waals surface area (Å²) in [6, 6.07) is 17.6. The first-order valence-electron chi connectivity index (χ1n) is 12.8. The van der Waals surface area contributed by atoms with E-state index in [0.29, 0.717) is 24.3 Å². The number of aliphatic hydroxyl groups excluding tert-OH is 1. The van der Waals surface area contributed by atoms with E-state index >= 15 is 0 Å². The molecular formula is C30H33BrN2O5. The highest BCUT2D eigenvalue weighted by atomic mass is 79.9. The molecule has 0 radical (unpaired) electrons. The predicted molar refractivity (Wildman–Crippen MR) is 149 cm³/mol. The molecule has 0 saturated carbocycles. The van der Waals surface area contributed by atoms with Gasteiger partial charge in [0.2, 0.25) is 5.91 Å². The zero-order chi connectivity index (χ0) is 26.8. The van der Waals surface area contributed by atoms with Crippen LogP contribution < -0.4 is 19.5 Å². The van der Waals surface area contributed by atoms with Crippen LogP contribution in [0.25, 0.3) is 0 Å². The maximum atomic E-state index is 13.4. The summed E-state index contributed by atoms with van der Waals surface area (Å²) in [6.45, 7) is 0.947. The Hall–Kier alpha value is -3.07. The van der Waals surface area contributed by atoms with Crippen molar-refractivity contribution < 1.29 is 24.1 Å². The third-order valence-corrected chi connectivity index (χ3v) is 8.25. The Morgan fingerprint density at radius 2 is 1.71 bits per heavy atom. The number of fused-ring (bicyclic) bond motifs is 2. The highest BCUT2D eigenvalue weighted by Crippen LogP contribution is 2.40. The van der Waals surface area contributed by atoms with Crippen LogP contribution in [0.2, 0.25) is 0 Å². The van der Waals surface area contributed by atoms with Gasteiger partial charge in [-0.15, -0.1) is 0 Å². The Labute approximate surface area is 231 Å². The molecule has 0 saturated heterocycles. The quantitative estimate of drug-likeness (QED) is 0.411. The van der Waals surface area contributed by atoms with Gasteiger partial charge in [0, 0.05) is 19.0 Å². The van der Waals surface area contributed by atoms with Gasteiger partial charge in [0.1, 0.15) is 5.75 Å². The second-order valence-corrected chi connectivity index (χ2v) is 10.7. The van der Waals surface area contributed by atoms with E-state index in [1.807, 2.05) is 42.5 Å². The van der Waals surface area contributed by atoms with E-state index in [-0.39, 0.29) is 18.5 Å². The van der Waals surface area contributed by atoms with E-state index < -0.39 is 12.1 Å². The van der Waals surface area contributed by atoms with Gasteiger partial charge in [-0.3, -0.25) is 9.69 Å². The van der Waals surface area contributed by atoms with Crippen molar-refractivity contribution in [3.8, 4) is 17.2 Å². The molecule has 5 rings (SSSR count). The monoisotopic (exact) mass is 580 g/mol. The van der Waals surface area contributed by atoms with Gasteiger partial charge in [0.15, 0.2) is 11.5 Å². The van der Waals surface area contributed by atoms with Gasteiger partial charge in [-0.2, -0.15) is 0 Å². The SMILES string of the molecule is COc1ccc(CC2c3cc(OC)c(OC)cc3CCN2CC(=O)NC2c3ccccc3CC2O)cc1Br. The third kappa shape index (κ3) is 5.25. The molecular weight excluding hydrogens is 548 g/mol. The van der Waals surface area contributed by atoms with Crippen molar-refractivity contribution in [2.45, 2.75) is 37.5 Å². The fourth-order valence-corrected chi connectivity index (χ4v) is 6.31. The maximum absolute atomic E-state index is 13.4. The summed E-state index contributed by atoms with van der Waals surface area (Å²) in [5, 5.41) is 13.8. The van der Waals surface area contributed by atoms with Crippen molar-refractivity contribution in [3.05, 3.63) is 86.9 Å². The summed E-state index contributed by atoms with van der Waals surface area (Å²) in [5.74, 6) is 2.05. The largest absolute Gasteiger partial charge is 0.496 e. The molecule has 0 fully saturated rings. The average molecular weight is 582 g/mol. The van der Waals surface area contributed by atoms with Crippen LogP contribution in [0.1, 0.15) is 39.9 Å². The Kier molecular flexibility index (Phi) is 7.93. The molecule has 0 bridgehead atoms. The molecule has 8 heteroatoms. The molecule has 3 unspecified atom stereocenters. The Balaban J connectivity index is 1.42. The number of halogens is 1. The minimum Gasteiger partial charge on any atom is -0.496 e. The molecule has 3 atom stereocenters. The lowest BCUT2D eigenvalue weighted by atomic mass is 9.88. The minimum atomic E-state index is -0.623. The normalized spacial score (nSPS) is 20.4. The zero-order valence-electron chi connectivity index (χ0n) is 21.9. The fourth-order valence-electron chi connectivity index (χ4n) is 5.72. The second-order valence-electron chi connectivity index (χ2n) is 9.83. The summed E-state index contributed by atoms with van der Waals surface area (Å²) in [5.41, 5.74) is 5.52. The van der Waals surface area contributed by atoms with Gasteiger partial charge in [0.05, 0.1) is 44.5 Å². The number of hydrogen-bond donors (Lipinski definition) is 2. The van der Waals surface area contributed by atoms with E-state index in [1.165, 1.54) is 5.56 Å². The summed E-state index contributed by atoms with van der Waals surface area (Å²) >= 11 is 3.61. The summed E-state index contributed by atoms with van der Waals surface area (Å²) in [4.78, 5) is 15.6.